The van der Waals surface area contributed by atoms with Crippen LogP contribution in [0.3, 0.4) is 0 Å². The highest BCUT2D eigenvalue weighted by Gasteiger charge is 2.20. The zero-order valence-corrected chi connectivity index (χ0v) is 13.4. The first-order valence-electron chi connectivity index (χ1n) is 6.82. The average Bonchev–Trinajstić information content (AvgIpc) is 2.47. The summed E-state index contributed by atoms with van der Waals surface area (Å²) in [5.41, 5.74) is 2.14. The van der Waals surface area contributed by atoms with Crippen LogP contribution in [0.1, 0.15) is 18.0 Å². The van der Waals surface area contributed by atoms with Gasteiger partial charge in [0.25, 0.3) is 0 Å². The Morgan fingerprint density at radius 1 is 1.14 bits per heavy atom. The second-order valence-corrected chi connectivity index (χ2v) is 8.32. The minimum absolute atomic E-state index is 0.234. The summed E-state index contributed by atoms with van der Waals surface area (Å²) in [5, 5.41) is 3.47. The van der Waals surface area contributed by atoms with Crippen molar-refractivity contribution in [1.82, 2.24) is 0 Å². The van der Waals surface area contributed by atoms with E-state index >= 15 is 0 Å². The Hall–Kier alpha value is -1.46. The smallest absolute Gasteiger partial charge is 0.175 e. The van der Waals surface area contributed by atoms with Crippen molar-refractivity contribution in [1.29, 1.82) is 0 Å². The lowest BCUT2D eigenvalue weighted by Gasteiger charge is -2.26. The first-order chi connectivity index (χ1) is 10.0. The molecule has 1 heterocycles. The number of fused-ring (bicyclic) bond motifs is 1. The van der Waals surface area contributed by atoms with Gasteiger partial charge in [-0.1, -0.05) is 24.3 Å². The molecule has 1 unspecified atom stereocenters. The molecule has 3 nitrogen and oxygen atoms in total. The lowest BCUT2D eigenvalue weighted by Crippen LogP contribution is -2.16. The summed E-state index contributed by atoms with van der Waals surface area (Å²) < 4.78 is 23.3. The molecule has 0 aromatic heterocycles. The SMILES string of the molecule is CS(=O)(=O)c1cccc(NC2CCSc3ccccc32)c1. The maximum Gasteiger partial charge on any atom is 0.175 e. The van der Waals surface area contributed by atoms with Gasteiger partial charge in [-0.2, -0.15) is 0 Å². The van der Waals surface area contributed by atoms with Crippen molar-refractivity contribution in [2.45, 2.75) is 22.3 Å². The molecule has 2 aromatic carbocycles. The van der Waals surface area contributed by atoms with Crippen molar-refractivity contribution in [3.8, 4) is 0 Å². The fraction of sp³-hybridized carbons (Fsp3) is 0.250. The zero-order valence-electron chi connectivity index (χ0n) is 11.7. The second kappa shape index (κ2) is 5.73. The molecule has 5 heteroatoms. The molecule has 0 spiro atoms. The van der Waals surface area contributed by atoms with Crippen LogP contribution < -0.4 is 5.32 Å². The maximum absolute atomic E-state index is 11.6. The lowest BCUT2D eigenvalue weighted by molar-refractivity contribution is 0.602. The molecule has 1 N–H and O–H groups in total. The van der Waals surface area contributed by atoms with E-state index in [0.717, 1.165) is 17.9 Å². The predicted octanol–water partition coefficient (Wildman–Crippen LogP) is 3.74. The van der Waals surface area contributed by atoms with E-state index in [2.05, 4.69) is 23.5 Å². The molecule has 3 rings (SSSR count). The third-order valence-electron chi connectivity index (χ3n) is 3.56. The van der Waals surface area contributed by atoms with Crippen LogP contribution >= 0.6 is 11.8 Å². The highest BCUT2D eigenvalue weighted by molar-refractivity contribution is 7.99. The van der Waals surface area contributed by atoms with Crippen molar-refractivity contribution in [3.63, 3.8) is 0 Å². The summed E-state index contributed by atoms with van der Waals surface area (Å²) in [6.45, 7) is 0. The Labute approximate surface area is 129 Å². The minimum Gasteiger partial charge on any atom is -0.378 e. The van der Waals surface area contributed by atoms with Gasteiger partial charge in [0.05, 0.1) is 10.9 Å². The summed E-state index contributed by atoms with van der Waals surface area (Å²) in [7, 11) is -3.17. The lowest BCUT2D eigenvalue weighted by atomic mass is 10.0. The van der Waals surface area contributed by atoms with Gasteiger partial charge in [0.15, 0.2) is 9.84 Å². The molecule has 2 aromatic rings. The second-order valence-electron chi connectivity index (χ2n) is 5.17. The molecular weight excluding hydrogens is 302 g/mol. The van der Waals surface area contributed by atoms with Crippen LogP contribution in [0.4, 0.5) is 5.69 Å². The number of rotatable bonds is 3. The van der Waals surface area contributed by atoms with Crippen molar-refractivity contribution < 1.29 is 8.42 Å². The van der Waals surface area contributed by atoms with Gasteiger partial charge < -0.3 is 5.32 Å². The number of hydrogen-bond donors (Lipinski definition) is 1. The first-order valence-corrected chi connectivity index (χ1v) is 9.70. The highest BCUT2D eigenvalue weighted by atomic mass is 32.2. The molecule has 0 aliphatic carbocycles. The Bertz CT molecular complexity index is 756. The molecule has 1 atom stereocenters. The Morgan fingerprint density at radius 2 is 1.95 bits per heavy atom. The van der Waals surface area contributed by atoms with E-state index in [-0.39, 0.29) is 6.04 Å². The van der Waals surface area contributed by atoms with Gasteiger partial charge in [0.2, 0.25) is 0 Å². The van der Waals surface area contributed by atoms with E-state index in [1.54, 1.807) is 18.2 Å². The largest absolute Gasteiger partial charge is 0.378 e. The quantitative estimate of drug-likeness (QED) is 0.936. The van der Waals surface area contributed by atoms with Crippen LogP contribution in [-0.2, 0) is 9.84 Å². The topological polar surface area (TPSA) is 46.2 Å². The molecule has 0 fully saturated rings. The molecule has 0 radical (unpaired) electrons. The van der Waals surface area contributed by atoms with E-state index in [4.69, 9.17) is 0 Å². The molecule has 0 amide bonds. The highest BCUT2D eigenvalue weighted by Crippen LogP contribution is 2.37. The Kier molecular flexibility index (Phi) is 3.95. The maximum atomic E-state index is 11.6. The number of benzene rings is 2. The standard InChI is InChI=1S/C16H17NO2S2/c1-21(18,19)13-6-4-5-12(11-13)17-15-9-10-20-16-8-3-2-7-14(15)16/h2-8,11,15,17H,9-10H2,1H3. The van der Waals surface area contributed by atoms with Crippen molar-refractivity contribution >= 4 is 27.3 Å². The molecule has 1 aliphatic heterocycles. The number of thioether (sulfide) groups is 1. The summed E-state index contributed by atoms with van der Waals surface area (Å²) in [5.74, 6) is 1.07. The van der Waals surface area contributed by atoms with Crippen molar-refractivity contribution in [2.75, 3.05) is 17.3 Å². The molecule has 1 aliphatic rings. The minimum atomic E-state index is -3.17. The van der Waals surface area contributed by atoms with Crippen LogP contribution in [0.25, 0.3) is 0 Å². The van der Waals surface area contributed by atoms with Gasteiger partial charge in [-0.3, -0.25) is 0 Å². The van der Waals surface area contributed by atoms with Crippen LogP contribution in [0, 0.1) is 0 Å². The van der Waals surface area contributed by atoms with E-state index in [1.165, 1.54) is 16.7 Å². The summed E-state index contributed by atoms with van der Waals surface area (Å²) >= 11 is 1.87. The van der Waals surface area contributed by atoms with Gasteiger partial charge in [0.1, 0.15) is 0 Å². The van der Waals surface area contributed by atoms with Crippen LogP contribution in [0.5, 0.6) is 0 Å². The van der Waals surface area contributed by atoms with Crippen LogP contribution in [0.15, 0.2) is 58.3 Å². The van der Waals surface area contributed by atoms with Gasteiger partial charge in [-0.25, -0.2) is 8.42 Å². The van der Waals surface area contributed by atoms with Gasteiger partial charge >= 0.3 is 0 Å². The van der Waals surface area contributed by atoms with Gasteiger partial charge in [0, 0.05) is 22.6 Å². The normalized spacial score (nSPS) is 18.0. The Balaban J connectivity index is 1.89. The summed E-state index contributed by atoms with van der Waals surface area (Å²) in [6, 6.07) is 15.6. The number of anilines is 1. The third-order valence-corrected chi connectivity index (χ3v) is 5.79. The average molecular weight is 319 g/mol. The van der Waals surface area contributed by atoms with E-state index in [0.29, 0.717) is 4.90 Å². The Morgan fingerprint density at radius 3 is 2.76 bits per heavy atom. The number of nitrogens with one attached hydrogen (secondary N) is 1. The monoisotopic (exact) mass is 319 g/mol. The third kappa shape index (κ3) is 3.24. The first kappa shape index (κ1) is 14.5. The van der Waals surface area contributed by atoms with E-state index in [9.17, 15) is 8.42 Å². The van der Waals surface area contributed by atoms with E-state index < -0.39 is 9.84 Å². The number of sulfone groups is 1. The van der Waals surface area contributed by atoms with Crippen molar-refractivity contribution in [2.24, 2.45) is 0 Å². The van der Waals surface area contributed by atoms with E-state index in [1.807, 2.05) is 23.9 Å². The van der Waals surface area contributed by atoms with Crippen LogP contribution in [0.2, 0.25) is 0 Å². The molecule has 110 valence electrons. The fourth-order valence-corrected chi connectivity index (χ4v) is 4.30. The predicted molar refractivity (Wildman–Crippen MR) is 87.7 cm³/mol. The van der Waals surface area contributed by atoms with Gasteiger partial charge in [-0.05, 0) is 36.2 Å². The van der Waals surface area contributed by atoms with Crippen molar-refractivity contribution in [3.05, 3.63) is 54.1 Å². The summed E-state index contributed by atoms with van der Waals surface area (Å²) in [6.07, 6.45) is 2.27. The molecular formula is C16H17NO2S2. The molecule has 0 saturated carbocycles. The van der Waals surface area contributed by atoms with Crippen LogP contribution in [-0.4, -0.2) is 20.4 Å². The molecule has 0 bridgehead atoms. The zero-order chi connectivity index (χ0) is 14.9. The summed E-state index contributed by atoms with van der Waals surface area (Å²) in [4.78, 5) is 1.66. The molecule has 21 heavy (non-hydrogen) atoms. The number of hydrogen-bond acceptors (Lipinski definition) is 4. The van der Waals surface area contributed by atoms with Gasteiger partial charge in [-0.15, -0.1) is 11.8 Å². The molecule has 0 saturated heterocycles. The fourth-order valence-electron chi connectivity index (χ4n) is 2.51.